The predicted molar refractivity (Wildman–Crippen MR) is 52.1 cm³/mol. The fraction of sp³-hybridized carbons (Fsp3) is 0.167. The molecule has 1 aromatic rings. The third-order valence-electron chi connectivity index (χ3n) is 1.43. The van der Waals surface area contributed by atoms with Crippen molar-refractivity contribution in [3.8, 4) is 0 Å². The van der Waals surface area contributed by atoms with E-state index in [1.165, 1.54) is 7.05 Å². The highest BCUT2D eigenvalue weighted by Crippen LogP contribution is 2.17. The van der Waals surface area contributed by atoms with Crippen molar-refractivity contribution in [3.63, 3.8) is 0 Å². The van der Waals surface area contributed by atoms with Gasteiger partial charge in [-0.1, -0.05) is 11.6 Å². The molecule has 0 radical (unpaired) electrons. The molecular formula is C6H9ClN6O. The SMILES string of the molecule is CN(N)C(=O)c1nc(Cl)c(N)nc1N. The molecular weight excluding hydrogens is 208 g/mol. The molecule has 0 saturated heterocycles. The first-order valence-corrected chi connectivity index (χ1v) is 3.92. The number of hydrogen-bond donors (Lipinski definition) is 3. The monoisotopic (exact) mass is 216 g/mol. The number of carbonyl (C=O) groups excluding carboxylic acids is 1. The van der Waals surface area contributed by atoms with Crippen molar-refractivity contribution in [2.75, 3.05) is 18.5 Å². The molecule has 8 heteroatoms. The Bertz CT molecular complexity index is 379. The van der Waals surface area contributed by atoms with Crippen molar-refractivity contribution in [2.45, 2.75) is 0 Å². The van der Waals surface area contributed by atoms with E-state index in [9.17, 15) is 4.79 Å². The molecule has 7 nitrogen and oxygen atoms in total. The van der Waals surface area contributed by atoms with Gasteiger partial charge in [-0.3, -0.25) is 9.80 Å². The summed E-state index contributed by atoms with van der Waals surface area (Å²) in [6.07, 6.45) is 0. The van der Waals surface area contributed by atoms with E-state index in [1.54, 1.807) is 0 Å². The Kier molecular flexibility index (Phi) is 2.73. The summed E-state index contributed by atoms with van der Waals surface area (Å²) in [6.45, 7) is 0. The van der Waals surface area contributed by atoms with Gasteiger partial charge in [0.05, 0.1) is 0 Å². The Morgan fingerprint density at radius 2 is 1.93 bits per heavy atom. The lowest BCUT2D eigenvalue weighted by atomic mass is 10.4. The number of nitrogens with two attached hydrogens (primary N) is 3. The third-order valence-corrected chi connectivity index (χ3v) is 1.71. The number of halogens is 1. The molecule has 1 amide bonds. The van der Waals surface area contributed by atoms with Crippen molar-refractivity contribution in [2.24, 2.45) is 5.84 Å². The Morgan fingerprint density at radius 3 is 2.43 bits per heavy atom. The Hall–Kier alpha value is -1.60. The average Bonchev–Trinajstić information content (AvgIpc) is 2.10. The second-order valence-corrected chi connectivity index (χ2v) is 2.91. The minimum Gasteiger partial charge on any atom is -0.382 e. The van der Waals surface area contributed by atoms with Crippen LogP contribution >= 0.6 is 11.6 Å². The first-order valence-electron chi connectivity index (χ1n) is 3.54. The summed E-state index contributed by atoms with van der Waals surface area (Å²) < 4.78 is 0. The van der Waals surface area contributed by atoms with Gasteiger partial charge in [0.2, 0.25) is 0 Å². The van der Waals surface area contributed by atoms with Crippen LogP contribution in [0.1, 0.15) is 10.5 Å². The lowest BCUT2D eigenvalue weighted by Gasteiger charge is -2.10. The lowest BCUT2D eigenvalue weighted by molar-refractivity contribution is 0.0790. The Labute approximate surface area is 84.8 Å². The Morgan fingerprint density at radius 1 is 1.36 bits per heavy atom. The number of hydrazine groups is 1. The topological polar surface area (TPSA) is 124 Å². The largest absolute Gasteiger partial charge is 0.382 e. The summed E-state index contributed by atoms with van der Waals surface area (Å²) in [7, 11) is 1.35. The fourth-order valence-electron chi connectivity index (χ4n) is 0.766. The van der Waals surface area contributed by atoms with Crippen molar-refractivity contribution in [1.29, 1.82) is 0 Å². The number of aromatic nitrogens is 2. The molecule has 0 atom stereocenters. The molecule has 0 unspecified atom stereocenters. The molecule has 0 fully saturated rings. The van der Waals surface area contributed by atoms with Gasteiger partial charge in [-0.15, -0.1) is 0 Å². The van der Waals surface area contributed by atoms with Gasteiger partial charge in [0, 0.05) is 7.05 Å². The van der Waals surface area contributed by atoms with E-state index < -0.39 is 5.91 Å². The molecule has 0 aliphatic heterocycles. The maximum absolute atomic E-state index is 11.3. The number of carbonyl (C=O) groups is 1. The molecule has 0 spiro atoms. The second kappa shape index (κ2) is 3.64. The number of rotatable bonds is 1. The van der Waals surface area contributed by atoms with Crippen molar-refractivity contribution >= 4 is 29.1 Å². The molecule has 0 aliphatic carbocycles. The molecule has 76 valence electrons. The van der Waals surface area contributed by atoms with Gasteiger partial charge in [0.15, 0.2) is 22.5 Å². The van der Waals surface area contributed by atoms with E-state index in [2.05, 4.69) is 9.97 Å². The maximum Gasteiger partial charge on any atom is 0.289 e. The summed E-state index contributed by atoms with van der Waals surface area (Å²) in [4.78, 5) is 18.7. The Balaban J connectivity index is 3.22. The smallest absolute Gasteiger partial charge is 0.289 e. The first kappa shape index (κ1) is 10.5. The van der Waals surface area contributed by atoms with Crippen LogP contribution in [-0.4, -0.2) is 27.9 Å². The summed E-state index contributed by atoms with van der Waals surface area (Å²) in [5, 5.41) is 0.747. The van der Waals surface area contributed by atoms with Crippen LogP contribution < -0.4 is 17.3 Å². The van der Waals surface area contributed by atoms with Crippen LogP contribution in [-0.2, 0) is 0 Å². The maximum atomic E-state index is 11.3. The minimum absolute atomic E-state index is 0.0274. The number of nitrogens with zero attached hydrogens (tertiary/aromatic N) is 3. The molecule has 0 aliphatic rings. The van der Waals surface area contributed by atoms with Gasteiger partial charge in [0.25, 0.3) is 5.91 Å². The molecule has 1 heterocycles. The predicted octanol–water partition coefficient (Wildman–Crippen LogP) is -0.760. The number of nitrogen functional groups attached to an aromatic ring is 2. The van der Waals surface area contributed by atoms with Crippen LogP contribution in [0.3, 0.4) is 0 Å². The van der Waals surface area contributed by atoms with Crippen LogP contribution in [0.15, 0.2) is 0 Å². The quantitative estimate of drug-likeness (QED) is 0.322. The third kappa shape index (κ3) is 1.83. The van der Waals surface area contributed by atoms with Crippen LogP contribution in [0.2, 0.25) is 5.15 Å². The van der Waals surface area contributed by atoms with E-state index in [4.69, 9.17) is 28.9 Å². The molecule has 0 aromatic carbocycles. The van der Waals surface area contributed by atoms with Gasteiger partial charge >= 0.3 is 0 Å². The standard InChI is InChI=1S/C6H9ClN6O/c1-13(10)6(14)2-4(8)12-5(9)3(7)11-2/h10H2,1H3,(H4,8,9,12). The van der Waals surface area contributed by atoms with E-state index in [0.29, 0.717) is 0 Å². The van der Waals surface area contributed by atoms with Crippen LogP contribution in [0.5, 0.6) is 0 Å². The zero-order chi connectivity index (χ0) is 10.9. The van der Waals surface area contributed by atoms with Gasteiger partial charge < -0.3 is 11.5 Å². The molecule has 6 N–H and O–H groups in total. The van der Waals surface area contributed by atoms with Crippen molar-refractivity contribution in [1.82, 2.24) is 15.0 Å². The van der Waals surface area contributed by atoms with Gasteiger partial charge in [0.1, 0.15) is 0 Å². The van der Waals surface area contributed by atoms with Gasteiger partial charge in [-0.05, 0) is 0 Å². The molecule has 0 bridgehead atoms. The molecule has 0 saturated carbocycles. The van der Waals surface area contributed by atoms with Gasteiger partial charge in [-0.2, -0.15) is 0 Å². The minimum atomic E-state index is -0.586. The summed E-state index contributed by atoms with van der Waals surface area (Å²) >= 11 is 5.57. The second-order valence-electron chi connectivity index (χ2n) is 2.55. The number of hydrogen-bond acceptors (Lipinski definition) is 6. The molecule has 1 aromatic heterocycles. The van der Waals surface area contributed by atoms with Crippen molar-refractivity contribution < 1.29 is 4.79 Å². The van der Waals surface area contributed by atoms with Crippen molar-refractivity contribution in [3.05, 3.63) is 10.8 Å². The summed E-state index contributed by atoms with van der Waals surface area (Å²) in [6, 6.07) is 0. The first-order chi connectivity index (χ1) is 6.43. The lowest BCUT2D eigenvalue weighted by Crippen LogP contribution is -2.34. The van der Waals surface area contributed by atoms with E-state index in [0.717, 1.165) is 5.01 Å². The molecule has 1 rings (SSSR count). The highest BCUT2D eigenvalue weighted by molar-refractivity contribution is 6.31. The summed E-state index contributed by atoms with van der Waals surface area (Å²) in [5.41, 5.74) is 10.6. The summed E-state index contributed by atoms with van der Waals surface area (Å²) in [5.74, 6) is 4.49. The average molecular weight is 217 g/mol. The van der Waals surface area contributed by atoms with E-state index in [1.807, 2.05) is 0 Å². The zero-order valence-corrected chi connectivity index (χ0v) is 8.12. The highest BCUT2D eigenvalue weighted by Gasteiger charge is 2.17. The van der Waals surface area contributed by atoms with Crippen LogP contribution in [0, 0.1) is 0 Å². The van der Waals surface area contributed by atoms with Gasteiger partial charge in [-0.25, -0.2) is 15.8 Å². The van der Waals surface area contributed by atoms with Crippen LogP contribution in [0.4, 0.5) is 11.6 Å². The number of amides is 1. The van der Waals surface area contributed by atoms with E-state index in [-0.39, 0.29) is 22.5 Å². The normalized spacial score (nSPS) is 9.93. The van der Waals surface area contributed by atoms with Crippen LogP contribution in [0.25, 0.3) is 0 Å². The highest BCUT2D eigenvalue weighted by atomic mass is 35.5. The molecule has 14 heavy (non-hydrogen) atoms. The van der Waals surface area contributed by atoms with E-state index >= 15 is 0 Å². The number of anilines is 2. The zero-order valence-electron chi connectivity index (χ0n) is 7.36. The fourth-order valence-corrected chi connectivity index (χ4v) is 0.893.